The Bertz CT molecular complexity index is 833. The molecule has 146 valence electrons. The first-order valence-corrected chi connectivity index (χ1v) is 10.6. The average molecular weight is 395 g/mol. The largest absolute Gasteiger partial charge is 0.467 e. The molecule has 0 saturated heterocycles. The van der Waals surface area contributed by atoms with Crippen molar-refractivity contribution in [1.82, 2.24) is 10.6 Å². The lowest BCUT2D eigenvalue weighted by Crippen LogP contribution is -2.37. The lowest BCUT2D eigenvalue weighted by atomic mass is 10.0. The molecule has 1 amide bonds. The Labute approximate surface area is 170 Å². The van der Waals surface area contributed by atoms with Gasteiger partial charge in [-0.1, -0.05) is 60.2 Å². The summed E-state index contributed by atoms with van der Waals surface area (Å²) >= 11 is 1.82. The highest BCUT2D eigenvalue weighted by Gasteiger charge is 2.17. The van der Waals surface area contributed by atoms with E-state index in [0.29, 0.717) is 6.54 Å². The van der Waals surface area contributed by atoms with Crippen LogP contribution in [0, 0.1) is 6.92 Å². The van der Waals surface area contributed by atoms with Crippen LogP contribution in [-0.2, 0) is 10.5 Å². The predicted octanol–water partition coefficient (Wildman–Crippen LogP) is 4.32. The lowest BCUT2D eigenvalue weighted by Gasteiger charge is -2.17. The topological polar surface area (TPSA) is 54.3 Å². The van der Waals surface area contributed by atoms with E-state index in [2.05, 4.69) is 41.8 Å². The lowest BCUT2D eigenvalue weighted by molar-refractivity contribution is -0.120. The molecule has 3 aromatic rings. The molecule has 4 nitrogen and oxygen atoms in total. The molecule has 0 aliphatic carbocycles. The van der Waals surface area contributed by atoms with Gasteiger partial charge in [-0.25, -0.2) is 0 Å². The first-order valence-electron chi connectivity index (χ1n) is 9.44. The van der Waals surface area contributed by atoms with E-state index >= 15 is 0 Å². The quantitative estimate of drug-likeness (QED) is 0.503. The van der Waals surface area contributed by atoms with Gasteiger partial charge in [0, 0.05) is 18.1 Å². The summed E-state index contributed by atoms with van der Waals surface area (Å²) in [5.41, 5.74) is 3.66. The van der Waals surface area contributed by atoms with E-state index in [1.54, 1.807) is 6.26 Å². The third-order valence-corrected chi connectivity index (χ3v) is 5.42. The average Bonchev–Trinajstić information content (AvgIpc) is 3.25. The summed E-state index contributed by atoms with van der Waals surface area (Å²) in [6.07, 6.45) is 1.65. The summed E-state index contributed by atoms with van der Waals surface area (Å²) in [7, 11) is 0. The van der Waals surface area contributed by atoms with Crippen LogP contribution in [0.3, 0.4) is 0 Å². The second-order valence-electron chi connectivity index (χ2n) is 6.63. The molecule has 0 bridgehead atoms. The van der Waals surface area contributed by atoms with Crippen molar-refractivity contribution < 1.29 is 9.21 Å². The van der Waals surface area contributed by atoms with Crippen molar-refractivity contribution in [2.24, 2.45) is 0 Å². The smallest absolute Gasteiger partial charge is 0.234 e. The highest BCUT2D eigenvalue weighted by Crippen LogP contribution is 2.22. The van der Waals surface area contributed by atoms with Gasteiger partial charge in [0.15, 0.2) is 0 Å². The van der Waals surface area contributed by atoms with Crippen LogP contribution in [0.2, 0.25) is 0 Å². The normalized spacial score (nSPS) is 11.9. The minimum atomic E-state index is -0.141. The molecule has 0 fully saturated rings. The standard InChI is InChI=1S/C23H26N2O2S/c1-18-9-11-19(12-10-18)17-28-15-13-24-22(26)16-25-23(21-8-5-14-27-21)20-6-3-2-4-7-20/h2-12,14,23,25H,13,15-17H2,1H3,(H,24,26)/t23-/m0/s1. The van der Waals surface area contributed by atoms with Crippen LogP contribution >= 0.6 is 11.8 Å². The Hall–Kier alpha value is -2.50. The van der Waals surface area contributed by atoms with Crippen LogP contribution in [0.4, 0.5) is 0 Å². The number of carbonyl (C=O) groups excluding carboxylic acids is 1. The summed E-state index contributed by atoms with van der Waals surface area (Å²) in [6, 6.07) is 22.2. The Morgan fingerprint density at radius 3 is 2.54 bits per heavy atom. The van der Waals surface area contributed by atoms with Crippen molar-refractivity contribution in [3.8, 4) is 0 Å². The molecular weight excluding hydrogens is 368 g/mol. The van der Waals surface area contributed by atoms with Crippen molar-refractivity contribution in [2.45, 2.75) is 18.7 Å². The molecular formula is C23H26N2O2S. The molecule has 1 atom stereocenters. The van der Waals surface area contributed by atoms with E-state index in [-0.39, 0.29) is 18.5 Å². The van der Waals surface area contributed by atoms with E-state index in [1.807, 2.05) is 54.2 Å². The van der Waals surface area contributed by atoms with Crippen molar-refractivity contribution in [1.29, 1.82) is 0 Å². The zero-order valence-corrected chi connectivity index (χ0v) is 16.9. The fourth-order valence-electron chi connectivity index (χ4n) is 2.88. The number of hydrogen-bond donors (Lipinski definition) is 2. The number of rotatable bonds is 10. The number of amides is 1. The zero-order valence-electron chi connectivity index (χ0n) is 16.1. The van der Waals surface area contributed by atoms with Gasteiger partial charge < -0.3 is 9.73 Å². The van der Waals surface area contributed by atoms with Crippen LogP contribution in [-0.4, -0.2) is 24.7 Å². The molecule has 0 spiro atoms. The summed E-state index contributed by atoms with van der Waals surface area (Å²) in [4.78, 5) is 12.2. The molecule has 0 unspecified atom stereocenters. The number of furan rings is 1. The van der Waals surface area contributed by atoms with Gasteiger partial charge in [-0.2, -0.15) is 11.8 Å². The van der Waals surface area contributed by atoms with Gasteiger partial charge >= 0.3 is 0 Å². The van der Waals surface area contributed by atoms with Crippen LogP contribution < -0.4 is 10.6 Å². The summed E-state index contributed by atoms with van der Waals surface area (Å²) in [6.45, 7) is 2.99. The highest BCUT2D eigenvalue weighted by molar-refractivity contribution is 7.98. The van der Waals surface area contributed by atoms with E-state index in [4.69, 9.17) is 4.42 Å². The predicted molar refractivity (Wildman–Crippen MR) is 115 cm³/mol. The Kier molecular flexibility index (Phi) is 7.76. The molecule has 28 heavy (non-hydrogen) atoms. The molecule has 3 rings (SSSR count). The van der Waals surface area contributed by atoms with E-state index in [0.717, 1.165) is 22.8 Å². The zero-order chi connectivity index (χ0) is 19.6. The van der Waals surface area contributed by atoms with Gasteiger partial charge in [0.25, 0.3) is 0 Å². The second-order valence-corrected chi connectivity index (χ2v) is 7.73. The summed E-state index contributed by atoms with van der Waals surface area (Å²) in [5, 5.41) is 6.27. The number of nitrogens with one attached hydrogen (secondary N) is 2. The maximum absolute atomic E-state index is 12.2. The van der Waals surface area contributed by atoms with Gasteiger partial charge in [-0.05, 0) is 30.2 Å². The number of carbonyl (C=O) groups is 1. The van der Waals surface area contributed by atoms with Gasteiger partial charge in [0.05, 0.1) is 18.8 Å². The van der Waals surface area contributed by atoms with E-state index in [1.165, 1.54) is 11.1 Å². The Balaban J connectivity index is 1.39. The maximum Gasteiger partial charge on any atom is 0.234 e. The molecule has 1 heterocycles. The maximum atomic E-state index is 12.2. The van der Waals surface area contributed by atoms with Crippen molar-refractivity contribution in [3.63, 3.8) is 0 Å². The Morgan fingerprint density at radius 2 is 1.82 bits per heavy atom. The van der Waals surface area contributed by atoms with Crippen molar-refractivity contribution in [2.75, 3.05) is 18.8 Å². The number of hydrogen-bond acceptors (Lipinski definition) is 4. The number of benzene rings is 2. The molecule has 0 aliphatic rings. The number of aryl methyl sites for hydroxylation is 1. The van der Waals surface area contributed by atoms with Crippen LogP contribution in [0.15, 0.2) is 77.4 Å². The SMILES string of the molecule is Cc1ccc(CSCCNC(=O)CN[C@@H](c2ccccc2)c2ccco2)cc1. The molecule has 0 saturated carbocycles. The van der Waals surface area contributed by atoms with Gasteiger partial charge in [0.2, 0.25) is 5.91 Å². The molecule has 0 radical (unpaired) electrons. The van der Waals surface area contributed by atoms with Gasteiger partial charge in [-0.15, -0.1) is 0 Å². The Morgan fingerprint density at radius 1 is 1.04 bits per heavy atom. The van der Waals surface area contributed by atoms with E-state index < -0.39 is 0 Å². The minimum Gasteiger partial charge on any atom is -0.467 e. The molecule has 5 heteroatoms. The summed E-state index contributed by atoms with van der Waals surface area (Å²) in [5.74, 6) is 2.64. The molecule has 2 aromatic carbocycles. The fraction of sp³-hybridized carbons (Fsp3) is 0.261. The van der Waals surface area contributed by atoms with Crippen molar-refractivity contribution in [3.05, 3.63) is 95.4 Å². The van der Waals surface area contributed by atoms with Crippen LogP contribution in [0.5, 0.6) is 0 Å². The minimum absolute atomic E-state index is 0.0107. The van der Waals surface area contributed by atoms with E-state index in [9.17, 15) is 4.79 Å². The fourth-order valence-corrected chi connectivity index (χ4v) is 3.70. The first kappa shape index (κ1) is 20.2. The molecule has 0 aliphatic heterocycles. The third kappa shape index (κ3) is 6.29. The van der Waals surface area contributed by atoms with Gasteiger partial charge in [0.1, 0.15) is 5.76 Å². The van der Waals surface area contributed by atoms with Crippen LogP contribution in [0.25, 0.3) is 0 Å². The third-order valence-electron chi connectivity index (χ3n) is 4.39. The number of thioether (sulfide) groups is 1. The molecule has 1 aromatic heterocycles. The monoisotopic (exact) mass is 394 g/mol. The van der Waals surface area contributed by atoms with Gasteiger partial charge in [-0.3, -0.25) is 10.1 Å². The molecule has 2 N–H and O–H groups in total. The van der Waals surface area contributed by atoms with Crippen molar-refractivity contribution >= 4 is 17.7 Å². The van der Waals surface area contributed by atoms with Crippen LogP contribution in [0.1, 0.15) is 28.5 Å². The second kappa shape index (κ2) is 10.7. The highest BCUT2D eigenvalue weighted by atomic mass is 32.2. The first-order chi connectivity index (χ1) is 13.7. The summed E-state index contributed by atoms with van der Waals surface area (Å²) < 4.78 is 5.55.